The number of nitrogens with one attached hydrogen (secondary N) is 1. The molecule has 170 valence electrons. The molecular weight excluding hydrogens is 432 g/mol. The molecule has 11 heteroatoms. The van der Waals surface area contributed by atoms with Gasteiger partial charge in [-0.25, -0.2) is 0 Å². The normalized spacial score (nSPS) is 21.0. The summed E-state index contributed by atoms with van der Waals surface area (Å²) in [4.78, 5) is 54.9. The van der Waals surface area contributed by atoms with E-state index in [0.717, 1.165) is 11.9 Å². The number of aromatic nitrogens is 1. The SMILES string of the molecule is CN1C(=O)[C@@](O)(C(=O)c2ccccc2O)N(C)C(=O)[C@H]1Cc1c[nH]c2cccc([N+](=O)[O-])c12. The van der Waals surface area contributed by atoms with E-state index in [2.05, 4.69) is 4.98 Å². The number of fused-ring (bicyclic) bond motifs is 1. The first kappa shape index (κ1) is 22.0. The van der Waals surface area contributed by atoms with E-state index in [1.807, 2.05) is 0 Å². The van der Waals surface area contributed by atoms with Crippen LogP contribution in [-0.4, -0.2) is 73.4 Å². The first-order valence-electron chi connectivity index (χ1n) is 9.92. The molecule has 1 aromatic heterocycles. The van der Waals surface area contributed by atoms with Gasteiger partial charge in [0.2, 0.25) is 11.7 Å². The second-order valence-electron chi connectivity index (χ2n) is 7.82. The van der Waals surface area contributed by atoms with E-state index in [1.165, 1.54) is 49.6 Å². The molecule has 0 spiro atoms. The lowest BCUT2D eigenvalue weighted by atomic mass is 9.91. The molecule has 3 N–H and O–H groups in total. The predicted octanol–water partition coefficient (Wildman–Crippen LogP) is 1.19. The Balaban J connectivity index is 1.71. The van der Waals surface area contributed by atoms with Crippen LogP contribution in [0.2, 0.25) is 0 Å². The summed E-state index contributed by atoms with van der Waals surface area (Å²) < 4.78 is 0. The molecule has 3 aromatic rings. The smallest absolute Gasteiger partial charge is 0.286 e. The monoisotopic (exact) mass is 452 g/mol. The fourth-order valence-corrected chi connectivity index (χ4v) is 4.16. The summed E-state index contributed by atoms with van der Waals surface area (Å²) in [5.74, 6) is -3.39. The number of hydrogen-bond donors (Lipinski definition) is 3. The maximum atomic E-state index is 13.2. The Hall–Kier alpha value is -4.25. The second kappa shape index (κ2) is 7.71. The highest BCUT2D eigenvalue weighted by Crippen LogP contribution is 2.33. The Kier molecular flexibility index (Phi) is 5.13. The minimum absolute atomic E-state index is 0.0862. The molecule has 0 aliphatic carbocycles. The lowest BCUT2D eigenvalue weighted by Gasteiger charge is -2.45. The lowest BCUT2D eigenvalue weighted by molar-refractivity contribution is -0.383. The number of piperazine rings is 1. The number of nitro groups is 1. The summed E-state index contributed by atoms with van der Waals surface area (Å²) in [7, 11) is 2.39. The van der Waals surface area contributed by atoms with E-state index in [9.17, 15) is 34.7 Å². The molecule has 1 aliphatic heterocycles. The molecule has 2 amide bonds. The van der Waals surface area contributed by atoms with E-state index in [0.29, 0.717) is 21.4 Å². The van der Waals surface area contributed by atoms with Gasteiger partial charge in [0, 0.05) is 32.8 Å². The number of hydrogen-bond acceptors (Lipinski definition) is 7. The second-order valence-corrected chi connectivity index (χ2v) is 7.82. The molecule has 1 saturated heterocycles. The predicted molar refractivity (Wildman–Crippen MR) is 115 cm³/mol. The number of amides is 2. The number of benzene rings is 2. The highest BCUT2D eigenvalue weighted by molar-refractivity contribution is 6.20. The Morgan fingerprint density at radius 3 is 2.55 bits per heavy atom. The standard InChI is InChI=1S/C22H20N4O7/c1-24-16(10-12-11-23-14-7-5-8-15(18(12)14)26(32)33)20(29)25(2)22(31,21(24)30)19(28)13-6-3-4-9-17(13)27/h3-9,11,16,23,27,31H,10H2,1-2H3/t16-,22+/m1/s1. The summed E-state index contributed by atoms with van der Waals surface area (Å²) in [6.07, 6.45) is 1.44. The van der Waals surface area contributed by atoms with Crippen LogP contribution in [0.1, 0.15) is 15.9 Å². The molecule has 0 saturated carbocycles. The Morgan fingerprint density at radius 2 is 1.88 bits per heavy atom. The highest BCUT2D eigenvalue weighted by Gasteiger charge is 2.58. The number of nitro benzene ring substituents is 1. The number of para-hydroxylation sites is 1. The van der Waals surface area contributed by atoms with Gasteiger partial charge in [-0.05, 0) is 23.8 Å². The van der Waals surface area contributed by atoms with Gasteiger partial charge in [-0.3, -0.25) is 24.5 Å². The van der Waals surface area contributed by atoms with E-state index in [1.54, 1.807) is 6.07 Å². The first-order chi connectivity index (χ1) is 15.6. The van der Waals surface area contributed by atoms with E-state index in [4.69, 9.17) is 0 Å². The van der Waals surface area contributed by atoms with Crippen LogP contribution in [-0.2, 0) is 16.0 Å². The molecule has 4 rings (SSSR count). The van der Waals surface area contributed by atoms with Gasteiger partial charge < -0.3 is 25.0 Å². The number of H-pyrrole nitrogens is 1. The number of phenolic OH excluding ortho intramolecular Hbond substituents is 1. The van der Waals surface area contributed by atoms with Gasteiger partial charge in [0.1, 0.15) is 11.8 Å². The number of carbonyl (C=O) groups excluding carboxylic acids is 3. The number of rotatable bonds is 5. The average molecular weight is 452 g/mol. The van der Waals surface area contributed by atoms with Crippen molar-refractivity contribution in [1.82, 2.24) is 14.8 Å². The number of phenols is 1. The summed E-state index contributed by atoms with van der Waals surface area (Å²) in [6, 6.07) is 8.77. The number of aliphatic hydroxyl groups is 1. The van der Waals surface area contributed by atoms with Crippen molar-refractivity contribution in [1.29, 1.82) is 0 Å². The zero-order chi connectivity index (χ0) is 24.1. The van der Waals surface area contributed by atoms with Gasteiger partial charge in [-0.15, -0.1) is 0 Å². The quantitative estimate of drug-likeness (QED) is 0.227. The number of aromatic amines is 1. The van der Waals surface area contributed by atoms with Crippen molar-refractivity contribution in [3.63, 3.8) is 0 Å². The third-order valence-corrected chi connectivity index (χ3v) is 6.03. The average Bonchev–Trinajstić information content (AvgIpc) is 3.22. The number of ketones is 1. The van der Waals surface area contributed by atoms with Crippen molar-refractivity contribution in [2.75, 3.05) is 14.1 Å². The van der Waals surface area contributed by atoms with Crippen molar-refractivity contribution >= 4 is 34.2 Å². The molecule has 11 nitrogen and oxygen atoms in total. The van der Waals surface area contributed by atoms with Gasteiger partial charge in [0.05, 0.1) is 21.4 Å². The topological polar surface area (TPSA) is 157 Å². The first-order valence-corrected chi connectivity index (χ1v) is 9.92. The summed E-state index contributed by atoms with van der Waals surface area (Å²) in [6.45, 7) is 0. The molecule has 1 aliphatic rings. The summed E-state index contributed by atoms with van der Waals surface area (Å²) >= 11 is 0. The number of nitrogens with zero attached hydrogens (tertiary/aromatic N) is 3. The largest absolute Gasteiger partial charge is 0.507 e. The molecule has 33 heavy (non-hydrogen) atoms. The van der Waals surface area contributed by atoms with Crippen LogP contribution < -0.4 is 0 Å². The van der Waals surface area contributed by atoms with E-state index in [-0.39, 0.29) is 17.7 Å². The summed E-state index contributed by atoms with van der Waals surface area (Å²) in [5, 5.41) is 32.9. The minimum atomic E-state index is -2.85. The maximum Gasteiger partial charge on any atom is 0.286 e. The fraction of sp³-hybridized carbons (Fsp3) is 0.227. The molecule has 2 aromatic carbocycles. The molecule has 2 atom stereocenters. The maximum absolute atomic E-state index is 13.2. The Bertz CT molecular complexity index is 1320. The molecule has 0 unspecified atom stereocenters. The molecule has 0 bridgehead atoms. The highest BCUT2D eigenvalue weighted by atomic mass is 16.6. The minimum Gasteiger partial charge on any atom is -0.507 e. The molecular formula is C22H20N4O7. The van der Waals surface area contributed by atoms with Crippen LogP contribution in [0.3, 0.4) is 0 Å². The summed E-state index contributed by atoms with van der Waals surface area (Å²) in [5.41, 5.74) is -2.39. The van der Waals surface area contributed by atoms with Crippen LogP contribution in [0.4, 0.5) is 5.69 Å². The number of aromatic hydroxyl groups is 1. The zero-order valence-electron chi connectivity index (χ0n) is 17.7. The van der Waals surface area contributed by atoms with Gasteiger partial charge in [-0.2, -0.15) is 0 Å². The van der Waals surface area contributed by atoms with Gasteiger partial charge in [0.25, 0.3) is 17.3 Å². The fourth-order valence-electron chi connectivity index (χ4n) is 4.16. The van der Waals surface area contributed by atoms with Gasteiger partial charge >= 0.3 is 0 Å². The van der Waals surface area contributed by atoms with Crippen LogP contribution in [0, 0.1) is 10.1 Å². The van der Waals surface area contributed by atoms with Gasteiger partial charge in [0.15, 0.2) is 0 Å². The molecule has 2 heterocycles. The van der Waals surface area contributed by atoms with E-state index >= 15 is 0 Å². The van der Waals surface area contributed by atoms with Crippen LogP contribution in [0.25, 0.3) is 10.9 Å². The Labute approximate surface area is 187 Å². The van der Waals surface area contributed by atoms with Crippen LogP contribution in [0.5, 0.6) is 5.75 Å². The van der Waals surface area contributed by atoms with Crippen molar-refractivity contribution in [3.8, 4) is 5.75 Å². The third kappa shape index (κ3) is 3.21. The van der Waals surface area contributed by atoms with Crippen molar-refractivity contribution < 1.29 is 29.5 Å². The van der Waals surface area contributed by atoms with Crippen molar-refractivity contribution in [2.24, 2.45) is 0 Å². The van der Waals surface area contributed by atoms with Gasteiger partial charge in [-0.1, -0.05) is 18.2 Å². The van der Waals surface area contributed by atoms with Crippen molar-refractivity contribution in [3.05, 3.63) is 69.9 Å². The number of likely N-dealkylation sites (N-methyl/N-ethyl adjacent to an activating group) is 2. The third-order valence-electron chi connectivity index (χ3n) is 6.03. The number of non-ortho nitro benzene ring substituents is 1. The lowest BCUT2D eigenvalue weighted by Crippen LogP contribution is -2.73. The number of Topliss-reactive ketones (excluding diaryl/α,β-unsaturated/α-hetero) is 1. The zero-order valence-corrected chi connectivity index (χ0v) is 17.7. The number of carbonyl (C=O) groups is 3. The van der Waals surface area contributed by atoms with Crippen LogP contribution >= 0.6 is 0 Å². The van der Waals surface area contributed by atoms with E-state index < -0.39 is 40.0 Å². The Morgan fingerprint density at radius 1 is 1.18 bits per heavy atom. The molecule has 1 fully saturated rings. The van der Waals surface area contributed by atoms with Crippen LogP contribution in [0.15, 0.2) is 48.7 Å². The molecule has 0 radical (unpaired) electrons. The van der Waals surface area contributed by atoms with Crippen molar-refractivity contribution in [2.45, 2.75) is 18.2 Å².